The summed E-state index contributed by atoms with van der Waals surface area (Å²) in [5, 5.41) is 5.80. The molecule has 0 fully saturated rings. The van der Waals surface area contributed by atoms with Gasteiger partial charge in [0, 0.05) is 16.8 Å². The Bertz CT molecular complexity index is 745. The predicted molar refractivity (Wildman–Crippen MR) is 93.2 cm³/mol. The van der Waals surface area contributed by atoms with Crippen LogP contribution in [0.1, 0.15) is 52.1 Å². The fourth-order valence-corrected chi connectivity index (χ4v) is 2.82. The van der Waals surface area contributed by atoms with Gasteiger partial charge < -0.3 is 10.6 Å². The summed E-state index contributed by atoms with van der Waals surface area (Å²) in [5.41, 5.74) is 3.95. The summed E-state index contributed by atoms with van der Waals surface area (Å²) in [6.45, 7) is 9.41. The minimum Gasteiger partial charge on any atom is -0.347 e. The Hall–Kier alpha value is -2.21. The maximum atomic E-state index is 12.4. The van der Waals surface area contributed by atoms with E-state index in [0.29, 0.717) is 21.8 Å². The van der Waals surface area contributed by atoms with E-state index < -0.39 is 0 Å². The zero-order chi connectivity index (χ0) is 17.2. The van der Waals surface area contributed by atoms with Crippen molar-refractivity contribution in [1.29, 1.82) is 0 Å². The Morgan fingerprint density at radius 2 is 1.83 bits per heavy atom. The number of benzene rings is 1. The van der Waals surface area contributed by atoms with Gasteiger partial charge in [0.15, 0.2) is 0 Å². The van der Waals surface area contributed by atoms with Crippen LogP contribution in [0.25, 0.3) is 0 Å². The molecule has 2 rings (SSSR count). The number of anilines is 1. The van der Waals surface area contributed by atoms with Crippen molar-refractivity contribution in [3.8, 4) is 0 Å². The lowest BCUT2D eigenvalue weighted by Gasteiger charge is -2.21. The predicted octanol–water partition coefficient (Wildman–Crippen LogP) is 3.54. The summed E-state index contributed by atoms with van der Waals surface area (Å²) < 4.78 is 0. The molecule has 2 amide bonds. The van der Waals surface area contributed by atoms with Crippen molar-refractivity contribution in [3.05, 3.63) is 45.4 Å². The largest absolute Gasteiger partial charge is 0.347 e. The first-order valence-electron chi connectivity index (χ1n) is 7.32. The Labute approximate surface area is 140 Å². The van der Waals surface area contributed by atoms with Crippen LogP contribution in [-0.2, 0) is 0 Å². The third-order valence-electron chi connectivity index (χ3n) is 3.27. The van der Waals surface area contributed by atoms with Gasteiger partial charge >= 0.3 is 0 Å². The van der Waals surface area contributed by atoms with Crippen molar-refractivity contribution in [3.63, 3.8) is 0 Å². The lowest BCUT2D eigenvalue weighted by molar-refractivity contribution is 0.0918. The van der Waals surface area contributed by atoms with Crippen LogP contribution in [0.4, 0.5) is 5.69 Å². The third kappa shape index (κ3) is 4.16. The first-order chi connectivity index (χ1) is 10.7. The van der Waals surface area contributed by atoms with E-state index in [1.165, 1.54) is 11.3 Å². The number of amides is 2. The molecule has 0 aliphatic rings. The first kappa shape index (κ1) is 17.1. The average Bonchev–Trinajstić information content (AvgIpc) is 2.85. The second kappa shape index (κ2) is 6.50. The van der Waals surface area contributed by atoms with Crippen LogP contribution in [0.3, 0.4) is 0 Å². The minimum atomic E-state index is -0.317. The molecule has 122 valence electrons. The number of rotatable bonds is 3. The second-order valence-corrected chi connectivity index (χ2v) is 7.26. The average molecular weight is 331 g/mol. The monoisotopic (exact) mass is 331 g/mol. The highest BCUT2D eigenvalue weighted by Gasteiger charge is 2.19. The van der Waals surface area contributed by atoms with E-state index in [4.69, 9.17) is 0 Å². The van der Waals surface area contributed by atoms with Gasteiger partial charge in [0.25, 0.3) is 11.8 Å². The Balaban J connectivity index is 2.25. The molecule has 0 radical (unpaired) electrons. The molecule has 1 aromatic heterocycles. The molecule has 0 spiro atoms. The van der Waals surface area contributed by atoms with Crippen molar-refractivity contribution < 1.29 is 9.59 Å². The molecule has 2 aromatic rings. The number of nitrogens with one attached hydrogen (secondary N) is 2. The number of nitrogens with zero attached hydrogens (tertiary/aromatic N) is 1. The highest BCUT2D eigenvalue weighted by molar-refractivity contribution is 7.12. The highest BCUT2D eigenvalue weighted by Crippen LogP contribution is 2.22. The van der Waals surface area contributed by atoms with Crippen LogP contribution < -0.4 is 10.6 Å². The quantitative estimate of drug-likeness (QED) is 0.903. The van der Waals surface area contributed by atoms with Crippen molar-refractivity contribution in [2.45, 2.75) is 40.2 Å². The van der Waals surface area contributed by atoms with Crippen LogP contribution in [0, 0.1) is 13.8 Å². The van der Waals surface area contributed by atoms with Gasteiger partial charge in [-0.1, -0.05) is 6.07 Å². The van der Waals surface area contributed by atoms with Crippen molar-refractivity contribution >= 4 is 28.8 Å². The number of thiazole rings is 1. The molecule has 2 N–H and O–H groups in total. The van der Waals surface area contributed by atoms with Crippen molar-refractivity contribution in [2.75, 3.05) is 5.32 Å². The van der Waals surface area contributed by atoms with Crippen LogP contribution >= 0.6 is 11.3 Å². The maximum Gasteiger partial charge on any atom is 0.267 e. The summed E-state index contributed by atoms with van der Waals surface area (Å²) in [4.78, 5) is 29.3. The van der Waals surface area contributed by atoms with E-state index in [0.717, 1.165) is 5.56 Å². The van der Waals surface area contributed by atoms with Gasteiger partial charge in [-0.05, 0) is 52.3 Å². The summed E-state index contributed by atoms with van der Waals surface area (Å²) >= 11 is 1.30. The molecule has 5 nitrogen and oxygen atoms in total. The number of aryl methyl sites for hydroxylation is 1. The molecular weight excluding hydrogens is 310 g/mol. The van der Waals surface area contributed by atoms with Gasteiger partial charge in [-0.25, -0.2) is 4.98 Å². The van der Waals surface area contributed by atoms with Gasteiger partial charge in [-0.15, -0.1) is 11.3 Å². The molecule has 0 unspecified atom stereocenters. The molecule has 0 saturated carbocycles. The van der Waals surface area contributed by atoms with Crippen LogP contribution in [0.5, 0.6) is 0 Å². The van der Waals surface area contributed by atoms with E-state index in [9.17, 15) is 9.59 Å². The molecule has 6 heteroatoms. The molecule has 23 heavy (non-hydrogen) atoms. The molecule has 0 atom stereocenters. The molecule has 0 aliphatic heterocycles. The molecule has 0 saturated heterocycles. The van der Waals surface area contributed by atoms with E-state index in [1.807, 2.05) is 27.7 Å². The second-order valence-electron chi connectivity index (χ2n) is 6.40. The SMILES string of the molecule is Cc1ncsc1C(=O)Nc1cccc(C(=O)NC(C)(C)C)c1C. The Morgan fingerprint density at radius 1 is 1.13 bits per heavy atom. The lowest BCUT2D eigenvalue weighted by Crippen LogP contribution is -2.40. The smallest absolute Gasteiger partial charge is 0.267 e. The van der Waals surface area contributed by atoms with Gasteiger partial charge in [0.2, 0.25) is 0 Å². The summed E-state index contributed by atoms with van der Waals surface area (Å²) in [7, 11) is 0. The Kier molecular flexibility index (Phi) is 4.85. The standard InChI is InChI=1S/C17H21N3O2S/c1-10-12(15(21)20-17(3,4)5)7-6-8-13(10)19-16(22)14-11(2)18-9-23-14/h6-9H,1-5H3,(H,19,22)(H,20,21). The topological polar surface area (TPSA) is 71.1 Å². The van der Waals surface area contributed by atoms with Crippen LogP contribution in [0.15, 0.2) is 23.7 Å². The maximum absolute atomic E-state index is 12.4. The van der Waals surface area contributed by atoms with Crippen LogP contribution in [-0.4, -0.2) is 22.3 Å². The molecule has 0 aliphatic carbocycles. The number of aromatic nitrogens is 1. The fourth-order valence-electron chi connectivity index (χ4n) is 2.12. The van der Waals surface area contributed by atoms with Crippen molar-refractivity contribution in [1.82, 2.24) is 10.3 Å². The van der Waals surface area contributed by atoms with Gasteiger partial charge in [-0.3, -0.25) is 9.59 Å². The van der Waals surface area contributed by atoms with Gasteiger partial charge in [0.05, 0.1) is 11.2 Å². The van der Waals surface area contributed by atoms with E-state index in [-0.39, 0.29) is 17.4 Å². The summed E-state index contributed by atoms with van der Waals surface area (Å²) in [6, 6.07) is 5.31. The zero-order valence-electron chi connectivity index (χ0n) is 14.0. The molecule has 1 heterocycles. The molecule has 1 aromatic carbocycles. The summed E-state index contributed by atoms with van der Waals surface area (Å²) in [5.74, 6) is -0.360. The Morgan fingerprint density at radius 3 is 2.39 bits per heavy atom. The number of carbonyl (C=O) groups excluding carboxylic acids is 2. The van der Waals surface area contributed by atoms with Gasteiger partial charge in [-0.2, -0.15) is 0 Å². The van der Waals surface area contributed by atoms with Crippen molar-refractivity contribution in [2.24, 2.45) is 0 Å². The fraction of sp³-hybridized carbons (Fsp3) is 0.353. The summed E-state index contributed by atoms with van der Waals surface area (Å²) in [6.07, 6.45) is 0. The molecular formula is C17H21N3O2S. The van der Waals surface area contributed by atoms with Crippen LogP contribution in [0.2, 0.25) is 0 Å². The first-order valence-corrected chi connectivity index (χ1v) is 8.20. The number of hydrogen-bond donors (Lipinski definition) is 2. The van der Waals surface area contributed by atoms with E-state index >= 15 is 0 Å². The lowest BCUT2D eigenvalue weighted by atomic mass is 10.0. The number of carbonyl (C=O) groups is 2. The zero-order valence-corrected chi connectivity index (χ0v) is 14.8. The van der Waals surface area contributed by atoms with E-state index in [1.54, 1.807) is 30.6 Å². The minimum absolute atomic E-state index is 0.153. The van der Waals surface area contributed by atoms with Gasteiger partial charge in [0.1, 0.15) is 4.88 Å². The molecule has 0 bridgehead atoms. The highest BCUT2D eigenvalue weighted by atomic mass is 32.1. The number of hydrogen-bond acceptors (Lipinski definition) is 4. The normalized spacial score (nSPS) is 11.2. The van der Waals surface area contributed by atoms with E-state index in [2.05, 4.69) is 15.6 Å². The third-order valence-corrected chi connectivity index (χ3v) is 4.19.